The third-order valence-corrected chi connectivity index (χ3v) is 7.55. The number of rotatable bonds is 9. The Balaban J connectivity index is 1.63. The number of hydrogen-bond donors (Lipinski definition) is 0. The van der Waals surface area contributed by atoms with Gasteiger partial charge in [0.25, 0.3) is 0 Å². The van der Waals surface area contributed by atoms with Crippen LogP contribution in [0.4, 0.5) is 13.2 Å². The molecule has 0 unspecified atom stereocenters. The van der Waals surface area contributed by atoms with Gasteiger partial charge in [-0.25, -0.2) is 0 Å². The molecular formula is C26H25F3O2S2. The molecule has 0 N–H and O–H groups in total. The molecule has 7 heteroatoms. The van der Waals surface area contributed by atoms with Crippen LogP contribution in [0.25, 0.3) is 16.5 Å². The fourth-order valence-corrected chi connectivity index (χ4v) is 5.68. The summed E-state index contributed by atoms with van der Waals surface area (Å²) in [5.74, 6) is 0.659. The van der Waals surface area contributed by atoms with E-state index in [1.54, 1.807) is 29.2 Å². The van der Waals surface area contributed by atoms with E-state index in [2.05, 4.69) is 24.8 Å². The van der Waals surface area contributed by atoms with Crippen LogP contribution in [0.15, 0.2) is 60.0 Å². The van der Waals surface area contributed by atoms with E-state index in [1.807, 2.05) is 13.0 Å². The van der Waals surface area contributed by atoms with E-state index in [4.69, 9.17) is 4.74 Å². The van der Waals surface area contributed by atoms with Gasteiger partial charge < -0.3 is 4.74 Å². The second-order valence-corrected chi connectivity index (χ2v) is 9.84. The average Bonchev–Trinajstić information content (AvgIpc) is 3.21. The van der Waals surface area contributed by atoms with Crippen LogP contribution in [0.3, 0.4) is 0 Å². The number of carbonyl (C=O) groups is 1. The molecule has 0 fully saturated rings. The van der Waals surface area contributed by atoms with Crippen LogP contribution in [-0.4, -0.2) is 18.8 Å². The van der Waals surface area contributed by atoms with Crippen molar-refractivity contribution in [2.75, 3.05) is 12.9 Å². The van der Waals surface area contributed by atoms with Crippen LogP contribution in [0.5, 0.6) is 0 Å². The standard InChI is InChI=1S/C26H25F3O2S2/c1-4-18-16-24(20-5-9-21(10-6-20)26(27,28)29)33-23(18)13-14-32-22-11-7-19(17(2)15-22)8-12-25(30)31-3/h4-7,9-11,15-16H,1,8,12-14H2,2-3H3. The number of ether oxygens (including phenoxy) is 1. The molecule has 0 spiro atoms. The third kappa shape index (κ3) is 6.74. The fraction of sp³-hybridized carbons (Fsp3) is 0.269. The molecule has 1 heterocycles. The van der Waals surface area contributed by atoms with E-state index in [9.17, 15) is 18.0 Å². The first-order chi connectivity index (χ1) is 15.7. The summed E-state index contributed by atoms with van der Waals surface area (Å²) >= 11 is 3.34. The zero-order valence-corrected chi connectivity index (χ0v) is 20.1. The zero-order valence-electron chi connectivity index (χ0n) is 18.5. The van der Waals surface area contributed by atoms with E-state index < -0.39 is 11.7 Å². The molecule has 0 radical (unpaired) electrons. The molecular weight excluding hydrogens is 465 g/mol. The first-order valence-corrected chi connectivity index (χ1v) is 12.2. The molecule has 0 saturated heterocycles. The minimum atomic E-state index is -4.33. The second kappa shape index (κ2) is 11.1. The first-order valence-electron chi connectivity index (χ1n) is 10.4. The second-order valence-electron chi connectivity index (χ2n) is 7.53. The number of esters is 1. The largest absolute Gasteiger partial charge is 0.469 e. The quantitative estimate of drug-likeness (QED) is 0.226. The molecule has 3 rings (SSSR count). The maximum absolute atomic E-state index is 12.8. The van der Waals surface area contributed by atoms with Crippen molar-refractivity contribution in [2.24, 2.45) is 0 Å². The number of alkyl halides is 3. The van der Waals surface area contributed by atoms with Crippen molar-refractivity contribution in [1.82, 2.24) is 0 Å². The normalized spacial score (nSPS) is 11.4. The summed E-state index contributed by atoms with van der Waals surface area (Å²) in [6, 6.07) is 13.5. The van der Waals surface area contributed by atoms with Crippen LogP contribution >= 0.6 is 23.1 Å². The van der Waals surface area contributed by atoms with Crippen LogP contribution in [0, 0.1) is 6.92 Å². The third-order valence-electron chi connectivity index (χ3n) is 5.30. The summed E-state index contributed by atoms with van der Waals surface area (Å²) in [4.78, 5) is 14.6. The van der Waals surface area contributed by atoms with Crippen molar-refractivity contribution in [3.8, 4) is 10.4 Å². The maximum atomic E-state index is 12.8. The molecule has 174 valence electrons. The Hall–Kier alpha value is -2.51. The summed E-state index contributed by atoms with van der Waals surface area (Å²) in [5, 5.41) is 0. The minimum Gasteiger partial charge on any atom is -0.469 e. The van der Waals surface area contributed by atoms with Crippen molar-refractivity contribution in [3.63, 3.8) is 0 Å². The minimum absolute atomic E-state index is 0.211. The summed E-state index contributed by atoms with van der Waals surface area (Å²) in [6.07, 6.45) is -0.673. The van der Waals surface area contributed by atoms with Gasteiger partial charge in [-0.05, 0) is 72.4 Å². The lowest BCUT2D eigenvalue weighted by Crippen LogP contribution is -2.03. The SMILES string of the molecule is C=Cc1cc(-c2ccc(C(F)(F)F)cc2)sc1CCSc1ccc(CCC(=O)OC)c(C)c1. The van der Waals surface area contributed by atoms with Crippen LogP contribution in [0.2, 0.25) is 0 Å². The fourth-order valence-electron chi connectivity index (χ4n) is 3.42. The van der Waals surface area contributed by atoms with Crippen molar-refractivity contribution < 1.29 is 22.7 Å². The average molecular weight is 491 g/mol. The number of hydrogen-bond acceptors (Lipinski definition) is 4. The van der Waals surface area contributed by atoms with Gasteiger partial charge in [-0.15, -0.1) is 23.1 Å². The molecule has 2 nitrogen and oxygen atoms in total. The van der Waals surface area contributed by atoms with E-state index in [0.717, 1.165) is 56.3 Å². The molecule has 0 amide bonds. The van der Waals surface area contributed by atoms with Gasteiger partial charge in [0.15, 0.2) is 0 Å². The predicted octanol–water partition coefficient (Wildman–Crippen LogP) is 7.83. The van der Waals surface area contributed by atoms with E-state index in [-0.39, 0.29) is 5.97 Å². The molecule has 2 aromatic carbocycles. The Bertz CT molecular complexity index is 1120. The molecule has 1 aromatic heterocycles. The van der Waals surface area contributed by atoms with Gasteiger partial charge in [0.05, 0.1) is 12.7 Å². The van der Waals surface area contributed by atoms with Gasteiger partial charge in [0.2, 0.25) is 0 Å². The molecule has 3 aromatic rings. The van der Waals surface area contributed by atoms with Crippen molar-refractivity contribution in [1.29, 1.82) is 0 Å². The van der Waals surface area contributed by atoms with Crippen LogP contribution < -0.4 is 0 Å². The van der Waals surface area contributed by atoms with Gasteiger partial charge in [0.1, 0.15) is 0 Å². The van der Waals surface area contributed by atoms with Gasteiger partial charge in [-0.3, -0.25) is 4.79 Å². The number of aryl methyl sites for hydroxylation is 3. The number of thioether (sulfide) groups is 1. The molecule has 0 atom stereocenters. The first kappa shape index (κ1) is 25.1. The number of thiophene rings is 1. The van der Waals surface area contributed by atoms with E-state index in [0.29, 0.717) is 12.8 Å². The van der Waals surface area contributed by atoms with Crippen LogP contribution in [0.1, 0.15) is 33.6 Å². The zero-order chi connectivity index (χ0) is 24.0. The van der Waals surface area contributed by atoms with Crippen LogP contribution in [-0.2, 0) is 28.5 Å². The highest BCUT2D eigenvalue weighted by Gasteiger charge is 2.30. The van der Waals surface area contributed by atoms with E-state index >= 15 is 0 Å². The number of benzene rings is 2. The summed E-state index contributed by atoms with van der Waals surface area (Å²) in [7, 11) is 1.40. The topological polar surface area (TPSA) is 26.3 Å². The number of carbonyl (C=O) groups excluding carboxylic acids is 1. The molecule has 33 heavy (non-hydrogen) atoms. The van der Waals surface area contributed by atoms with Crippen molar-refractivity contribution >= 4 is 35.1 Å². The Morgan fingerprint density at radius 3 is 2.45 bits per heavy atom. The highest BCUT2D eigenvalue weighted by Crippen LogP contribution is 2.36. The Labute approximate surface area is 200 Å². The lowest BCUT2D eigenvalue weighted by molar-refractivity contribution is -0.140. The monoisotopic (exact) mass is 490 g/mol. The maximum Gasteiger partial charge on any atom is 0.416 e. The Morgan fingerprint density at radius 2 is 1.85 bits per heavy atom. The Morgan fingerprint density at radius 1 is 1.12 bits per heavy atom. The Kier molecular flexibility index (Phi) is 8.43. The molecule has 0 aliphatic heterocycles. The van der Waals surface area contributed by atoms with Crippen molar-refractivity contribution in [2.45, 2.75) is 37.3 Å². The van der Waals surface area contributed by atoms with Gasteiger partial charge >= 0.3 is 12.1 Å². The molecule has 0 aliphatic rings. The highest BCUT2D eigenvalue weighted by molar-refractivity contribution is 7.99. The number of methoxy groups -OCH3 is 1. The van der Waals surface area contributed by atoms with Gasteiger partial charge in [0, 0.05) is 26.8 Å². The summed E-state index contributed by atoms with van der Waals surface area (Å²) < 4.78 is 43.2. The summed E-state index contributed by atoms with van der Waals surface area (Å²) in [6.45, 7) is 5.93. The van der Waals surface area contributed by atoms with E-state index in [1.165, 1.54) is 24.1 Å². The molecule has 0 aliphatic carbocycles. The van der Waals surface area contributed by atoms with Gasteiger partial charge in [-0.2, -0.15) is 13.2 Å². The predicted molar refractivity (Wildman–Crippen MR) is 131 cm³/mol. The molecule has 0 saturated carbocycles. The lowest BCUT2D eigenvalue weighted by Gasteiger charge is -2.08. The smallest absolute Gasteiger partial charge is 0.416 e. The number of halogens is 3. The van der Waals surface area contributed by atoms with Crippen molar-refractivity contribution in [3.05, 3.63) is 82.2 Å². The summed E-state index contributed by atoms with van der Waals surface area (Å²) in [5.41, 5.74) is 3.43. The molecule has 0 bridgehead atoms. The highest BCUT2D eigenvalue weighted by atomic mass is 32.2. The van der Waals surface area contributed by atoms with Gasteiger partial charge in [-0.1, -0.05) is 30.9 Å². The lowest BCUT2D eigenvalue weighted by atomic mass is 10.0.